The molecule has 0 bridgehead atoms. The molecule has 0 N–H and O–H groups in total. The number of aromatic nitrogens is 4. The van der Waals surface area contributed by atoms with Gasteiger partial charge in [0.25, 0.3) is 0 Å². The second-order valence-electron chi connectivity index (χ2n) is 3.41. The Morgan fingerprint density at radius 3 is 2.69 bits per heavy atom. The summed E-state index contributed by atoms with van der Waals surface area (Å²) in [5.41, 5.74) is -0.0445. The lowest BCUT2D eigenvalue weighted by Crippen LogP contribution is -2.21. The Morgan fingerprint density at radius 1 is 1.25 bits per heavy atom. The van der Waals surface area contributed by atoms with Gasteiger partial charge in [-0.05, 0) is 0 Å². The van der Waals surface area contributed by atoms with Crippen LogP contribution in [-0.2, 0) is 20.1 Å². The molecule has 0 amide bonds. The second kappa shape index (κ2) is 4.53. The van der Waals surface area contributed by atoms with Crippen molar-refractivity contribution >= 4 is 0 Å². The van der Waals surface area contributed by atoms with Gasteiger partial charge < -0.3 is 9.13 Å². The SMILES string of the molecule is Cn1ccn(CC#CCn2ccnc2)c1=O. The summed E-state index contributed by atoms with van der Waals surface area (Å²) >= 11 is 0. The molecule has 0 radical (unpaired) electrons. The van der Waals surface area contributed by atoms with Gasteiger partial charge in [-0.1, -0.05) is 11.8 Å². The van der Waals surface area contributed by atoms with Gasteiger partial charge in [0.1, 0.15) is 0 Å². The van der Waals surface area contributed by atoms with Crippen LogP contribution in [0.1, 0.15) is 0 Å². The van der Waals surface area contributed by atoms with E-state index >= 15 is 0 Å². The average molecular weight is 216 g/mol. The number of rotatable bonds is 2. The third kappa shape index (κ3) is 2.23. The minimum atomic E-state index is -0.0445. The lowest BCUT2D eigenvalue weighted by atomic mass is 10.5. The van der Waals surface area contributed by atoms with Gasteiger partial charge in [0.15, 0.2) is 0 Å². The number of hydrogen-bond acceptors (Lipinski definition) is 2. The van der Waals surface area contributed by atoms with Crippen LogP contribution in [0.4, 0.5) is 0 Å². The minimum absolute atomic E-state index is 0.0445. The summed E-state index contributed by atoms with van der Waals surface area (Å²) in [7, 11) is 1.72. The average Bonchev–Trinajstić information content (AvgIpc) is 2.88. The molecule has 5 nitrogen and oxygen atoms in total. The van der Waals surface area contributed by atoms with E-state index in [9.17, 15) is 4.79 Å². The van der Waals surface area contributed by atoms with Gasteiger partial charge in [-0.25, -0.2) is 9.78 Å². The maximum atomic E-state index is 11.4. The van der Waals surface area contributed by atoms with Crippen molar-refractivity contribution in [2.24, 2.45) is 7.05 Å². The van der Waals surface area contributed by atoms with Crippen LogP contribution >= 0.6 is 0 Å². The summed E-state index contributed by atoms with van der Waals surface area (Å²) < 4.78 is 4.97. The Kier molecular flexibility index (Phi) is 2.92. The first-order valence-electron chi connectivity index (χ1n) is 4.90. The Balaban J connectivity index is 1.95. The molecule has 2 heterocycles. The van der Waals surface area contributed by atoms with Gasteiger partial charge in [0, 0.05) is 31.8 Å². The lowest BCUT2D eigenvalue weighted by molar-refractivity contribution is 0.739. The van der Waals surface area contributed by atoms with E-state index < -0.39 is 0 Å². The van der Waals surface area contributed by atoms with E-state index in [-0.39, 0.29) is 5.69 Å². The van der Waals surface area contributed by atoms with Crippen molar-refractivity contribution < 1.29 is 0 Å². The normalized spacial score (nSPS) is 9.81. The summed E-state index contributed by atoms with van der Waals surface area (Å²) in [6.45, 7) is 1.02. The van der Waals surface area contributed by atoms with Crippen molar-refractivity contribution in [3.8, 4) is 11.8 Å². The highest BCUT2D eigenvalue weighted by molar-refractivity contribution is 5.01. The van der Waals surface area contributed by atoms with Crippen molar-refractivity contribution in [3.05, 3.63) is 41.6 Å². The third-order valence-electron chi connectivity index (χ3n) is 2.21. The summed E-state index contributed by atoms with van der Waals surface area (Å²) in [6.07, 6.45) is 8.73. The van der Waals surface area contributed by atoms with Crippen molar-refractivity contribution in [1.82, 2.24) is 18.7 Å². The Hall–Kier alpha value is -2.22. The molecule has 0 aliphatic rings. The lowest BCUT2D eigenvalue weighted by Gasteiger charge is -1.92. The zero-order valence-corrected chi connectivity index (χ0v) is 9.00. The molecule has 0 saturated heterocycles. The summed E-state index contributed by atoms with van der Waals surface area (Å²) in [6, 6.07) is 0. The Morgan fingerprint density at radius 2 is 2.06 bits per heavy atom. The molecular weight excluding hydrogens is 204 g/mol. The first-order chi connectivity index (χ1) is 7.77. The molecule has 0 fully saturated rings. The molecule has 2 aromatic rings. The third-order valence-corrected chi connectivity index (χ3v) is 2.21. The summed E-state index contributed by atoms with van der Waals surface area (Å²) in [5, 5.41) is 0. The molecule has 0 saturated carbocycles. The van der Waals surface area contributed by atoms with Gasteiger partial charge in [-0.2, -0.15) is 0 Å². The van der Waals surface area contributed by atoms with Crippen LogP contribution in [0.25, 0.3) is 0 Å². The van der Waals surface area contributed by atoms with Crippen molar-refractivity contribution in [1.29, 1.82) is 0 Å². The molecule has 0 aromatic carbocycles. The number of imidazole rings is 2. The molecule has 0 aliphatic heterocycles. The van der Waals surface area contributed by atoms with Crippen LogP contribution < -0.4 is 5.69 Å². The van der Waals surface area contributed by atoms with E-state index in [4.69, 9.17) is 0 Å². The molecule has 2 rings (SSSR count). The highest BCUT2D eigenvalue weighted by Gasteiger charge is 1.95. The van der Waals surface area contributed by atoms with Crippen LogP contribution in [0.5, 0.6) is 0 Å². The van der Waals surface area contributed by atoms with Gasteiger partial charge in [0.2, 0.25) is 0 Å². The maximum absolute atomic E-state index is 11.4. The molecular formula is C11H12N4O. The fourth-order valence-corrected chi connectivity index (χ4v) is 1.30. The van der Waals surface area contributed by atoms with E-state index in [1.165, 1.54) is 4.57 Å². The maximum Gasteiger partial charge on any atom is 0.328 e. The fourth-order valence-electron chi connectivity index (χ4n) is 1.30. The minimum Gasteiger partial charge on any atom is -0.326 e. The van der Waals surface area contributed by atoms with Crippen LogP contribution in [0, 0.1) is 11.8 Å². The van der Waals surface area contributed by atoms with E-state index in [1.807, 2.05) is 10.8 Å². The molecule has 0 atom stereocenters. The predicted molar refractivity (Wildman–Crippen MR) is 59.7 cm³/mol. The Labute approximate surface area is 93.0 Å². The molecule has 16 heavy (non-hydrogen) atoms. The zero-order valence-electron chi connectivity index (χ0n) is 9.00. The van der Waals surface area contributed by atoms with E-state index in [0.29, 0.717) is 13.1 Å². The smallest absolute Gasteiger partial charge is 0.326 e. The topological polar surface area (TPSA) is 44.8 Å². The summed E-state index contributed by atoms with van der Waals surface area (Å²) in [4.78, 5) is 15.3. The molecule has 0 aliphatic carbocycles. The monoisotopic (exact) mass is 216 g/mol. The van der Waals surface area contributed by atoms with Gasteiger partial charge in [0.05, 0.1) is 19.4 Å². The van der Waals surface area contributed by atoms with E-state index in [2.05, 4.69) is 16.8 Å². The van der Waals surface area contributed by atoms with Gasteiger partial charge >= 0.3 is 5.69 Å². The summed E-state index contributed by atoms with van der Waals surface area (Å²) in [5.74, 6) is 5.92. The fraction of sp³-hybridized carbons (Fsp3) is 0.273. The van der Waals surface area contributed by atoms with Gasteiger partial charge in [-0.15, -0.1) is 0 Å². The highest BCUT2D eigenvalue weighted by Crippen LogP contribution is 1.84. The van der Waals surface area contributed by atoms with Crippen LogP contribution in [0.3, 0.4) is 0 Å². The molecule has 0 unspecified atom stereocenters. The largest absolute Gasteiger partial charge is 0.328 e. The van der Waals surface area contributed by atoms with Crippen LogP contribution in [0.2, 0.25) is 0 Å². The molecule has 2 aromatic heterocycles. The quantitative estimate of drug-likeness (QED) is 0.668. The van der Waals surface area contributed by atoms with E-state index in [0.717, 1.165) is 0 Å². The number of nitrogens with zero attached hydrogens (tertiary/aromatic N) is 4. The predicted octanol–water partition coefficient (Wildman–Crippen LogP) is 0.0869. The first kappa shape index (κ1) is 10.3. The molecule has 0 spiro atoms. The number of aryl methyl sites for hydroxylation is 1. The second-order valence-corrected chi connectivity index (χ2v) is 3.41. The van der Waals surface area contributed by atoms with Crippen molar-refractivity contribution in [2.45, 2.75) is 13.1 Å². The molecule has 5 heteroatoms. The highest BCUT2D eigenvalue weighted by atomic mass is 16.1. The first-order valence-corrected chi connectivity index (χ1v) is 4.90. The number of hydrogen-bond donors (Lipinski definition) is 0. The van der Waals surface area contributed by atoms with E-state index in [1.54, 1.807) is 36.5 Å². The van der Waals surface area contributed by atoms with Gasteiger partial charge in [-0.3, -0.25) is 4.57 Å². The Bertz CT molecular complexity index is 565. The molecule has 82 valence electrons. The van der Waals surface area contributed by atoms with Crippen molar-refractivity contribution in [3.63, 3.8) is 0 Å². The van der Waals surface area contributed by atoms with Crippen LogP contribution in [-0.4, -0.2) is 18.7 Å². The van der Waals surface area contributed by atoms with Crippen molar-refractivity contribution in [2.75, 3.05) is 0 Å². The zero-order chi connectivity index (χ0) is 11.4. The standard InChI is InChI=1S/C11H12N4O/c1-13-8-9-15(11(13)16)6-3-2-5-14-7-4-12-10-14/h4,7-10H,5-6H2,1H3. The van der Waals surface area contributed by atoms with Crippen LogP contribution in [0.15, 0.2) is 35.9 Å².